The van der Waals surface area contributed by atoms with Crippen LogP contribution in [0.3, 0.4) is 0 Å². The van der Waals surface area contributed by atoms with Gasteiger partial charge >= 0.3 is 5.97 Å². The summed E-state index contributed by atoms with van der Waals surface area (Å²) in [5, 5.41) is 11.4. The monoisotopic (exact) mass is 295 g/mol. The lowest BCUT2D eigenvalue weighted by Crippen LogP contribution is -2.45. The van der Waals surface area contributed by atoms with Gasteiger partial charge in [0.1, 0.15) is 0 Å². The Kier molecular flexibility index (Phi) is 5.17. The van der Waals surface area contributed by atoms with Crippen LogP contribution in [0.1, 0.15) is 49.9 Å². The van der Waals surface area contributed by atoms with E-state index in [9.17, 15) is 14.7 Å². The van der Waals surface area contributed by atoms with Gasteiger partial charge in [-0.25, -0.2) is 0 Å². The molecule has 0 spiro atoms. The van der Waals surface area contributed by atoms with Gasteiger partial charge in [-0.1, -0.05) is 25.8 Å². The smallest absolute Gasteiger partial charge is 0.308 e. The normalized spacial score (nSPS) is 23.1. The van der Waals surface area contributed by atoms with Crippen LogP contribution in [0.4, 0.5) is 0 Å². The fraction of sp³-hybridized carbons (Fsp3) is 0.600. The van der Waals surface area contributed by atoms with Crippen molar-refractivity contribution >= 4 is 23.2 Å². The summed E-state index contributed by atoms with van der Waals surface area (Å²) in [5.74, 6) is -1.18. The molecule has 0 unspecified atom stereocenters. The number of hydrogen-bond donors (Lipinski definition) is 1. The van der Waals surface area contributed by atoms with Gasteiger partial charge in [-0.15, -0.1) is 11.3 Å². The van der Waals surface area contributed by atoms with Crippen LogP contribution in [0.15, 0.2) is 17.5 Å². The highest BCUT2D eigenvalue weighted by Crippen LogP contribution is 2.39. The van der Waals surface area contributed by atoms with E-state index in [0.717, 1.165) is 24.1 Å². The quantitative estimate of drug-likeness (QED) is 0.819. The molecule has 5 heteroatoms. The third-order valence-electron chi connectivity index (χ3n) is 3.86. The Balaban J connectivity index is 2.22. The number of thiophene rings is 1. The van der Waals surface area contributed by atoms with Crippen LogP contribution in [0.5, 0.6) is 0 Å². The van der Waals surface area contributed by atoms with Crippen LogP contribution < -0.4 is 0 Å². The van der Waals surface area contributed by atoms with Gasteiger partial charge in [0.2, 0.25) is 5.91 Å². The number of carbonyl (C=O) groups excluding carboxylic acids is 1. The molecule has 1 fully saturated rings. The predicted molar refractivity (Wildman–Crippen MR) is 78.7 cm³/mol. The molecule has 0 saturated carbocycles. The first-order valence-corrected chi connectivity index (χ1v) is 8.08. The van der Waals surface area contributed by atoms with Crippen molar-refractivity contribution in [2.24, 2.45) is 5.92 Å². The lowest BCUT2D eigenvalue weighted by atomic mass is 9.87. The molecule has 1 N–H and O–H groups in total. The number of amides is 1. The maximum absolute atomic E-state index is 12.2. The average Bonchev–Trinajstić information content (AvgIpc) is 2.93. The van der Waals surface area contributed by atoms with E-state index in [1.54, 1.807) is 4.90 Å². The second kappa shape index (κ2) is 6.88. The molecular weight excluding hydrogens is 274 g/mol. The zero-order valence-corrected chi connectivity index (χ0v) is 12.6. The second-order valence-electron chi connectivity index (χ2n) is 5.24. The van der Waals surface area contributed by atoms with E-state index in [2.05, 4.69) is 6.92 Å². The molecule has 1 aliphatic rings. The van der Waals surface area contributed by atoms with Gasteiger partial charge in [0.05, 0.1) is 12.0 Å². The first kappa shape index (κ1) is 15.0. The molecule has 1 aromatic heterocycles. The molecular formula is C15H21NO3S. The Hall–Kier alpha value is -1.36. The van der Waals surface area contributed by atoms with Crippen molar-refractivity contribution in [3.05, 3.63) is 22.4 Å². The number of aliphatic carboxylic acids is 1. The van der Waals surface area contributed by atoms with Gasteiger partial charge in [0, 0.05) is 17.8 Å². The first-order valence-electron chi connectivity index (χ1n) is 7.20. The predicted octanol–water partition coefficient (Wildman–Crippen LogP) is 3.30. The van der Waals surface area contributed by atoms with Crippen LogP contribution in [0.2, 0.25) is 0 Å². The second-order valence-corrected chi connectivity index (χ2v) is 6.22. The van der Waals surface area contributed by atoms with Crippen LogP contribution in [-0.4, -0.2) is 28.4 Å². The van der Waals surface area contributed by atoms with Gasteiger partial charge in [0.25, 0.3) is 0 Å². The standard InChI is InChI=1S/C15H21NO3S/c1-2-3-4-9-16-13(17)8-7-11(15(18)19)14(16)12-6-5-10-20-12/h5-6,10-11,14H,2-4,7-9H2,1H3,(H,18,19)/t11-,14-/m0/s1. The number of rotatable bonds is 6. The largest absolute Gasteiger partial charge is 0.481 e. The molecule has 110 valence electrons. The van der Waals surface area contributed by atoms with Crippen LogP contribution in [-0.2, 0) is 9.59 Å². The molecule has 0 aromatic carbocycles. The zero-order chi connectivity index (χ0) is 14.5. The summed E-state index contributed by atoms with van der Waals surface area (Å²) in [5.41, 5.74) is 0. The number of carbonyl (C=O) groups is 2. The minimum atomic E-state index is -0.795. The van der Waals surface area contributed by atoms with E-state index in [4.69, 9.17) is 0 Å². The third kappa shape index (κ3) is 3.20. The maximum Gasteiger partial charge on any atom is 0.308 e. The van der Waals surface area contributed by atoms with E-state index >= 15 is 0 Å². The lowest BCUT2D eigenvalue weighted by Gasteiger charge is -2.39. The summed E-state index contributed by atoms with van der Waals surface area (Å²) in [6.45, 7) is 2.79. The molecule has 2 rings (SSSR count). The van der Waals surface area contributed by atoms with Crippen LogP contribution in [0, 0.1) is 5.92 Å². The van der Waals surface area contributed by atoms with Crippen molar-refractivity contribution in [1.82, 2.24) is 4.90 Å². The molecule has 0 radical (unpaired) electrons. The number of hydrogen-bond acceptors (Lipinski definition) is 3. The fourth-order valence-corrected chi connectivity index (χ4v) is 3.72. The maximum atomic E-state index is 12.2. The van der Waals surface area contributed by atoms with Gasteiger partial charge < -0.3 is 10.0 Å². The van der Waals surface area contributed by atoms with Crippen LogP contribution >= 0.6 is 11.3 Å². The van der Waals surface area contributed by atoms with Crippen LogP contribution in [0.25, 0.3) is 0 Å². The lowest BCUT2D eigenvalue weighted by molar-refractivity contribution is -0.152. The van der Waals surface area contributed by atoms with Crippen molar-refractivity contribution in [2.75, 3.05) is 6.54 Å². The Morgan fingerprint density at radius 1 is 1.50 bits per heavy atom. The summed E-state index contributed by atoms with van der Waals surface area (Å²) >= 11 is 1.54. The molecule has 1 aliphatic heterocycles. The molecule has 2 heterocycles. The summed E-state index contributed by atoms with van der Waals surface area (Å²) < 4.78 is 0. The summed E-state index contributed by atoms with van der Waals surface area (Å²) in [6, 6.07) is 3.57. The number of carboxylic acids is 1. The minimum Gasteiger partial charge on any atom is -0.481 e. The number of unbranched alkanes of at least 4 members (excludes halogenated alkanes) is 2. The van der Waals surface area contributed by atoms with Gasteiger partial charge in [0.15, 0.2) is 0 Å². The van der Waals surface area contributed by atoms with Crippen molar-refractivity contribution in [2.45, 2.75) is 45.1 Å². The van der Waals surface area contributed by atoms with E-state index in [-0.39, 0.29) is 11.9 Å². The minimum absolute atomic E-state index is 0.0944. The molecule has 4 nitrogen and oxygen atoms in total. The molecule has 1 aromatic rings. The summed E-state index contributed by atoms with van der Waals surface area (Å²) in [7, 11) is 0. The Labute approximate surface area is 123 Å². The van der Waals surface area contributed by atoms with Gasteiger partial charge in [-0.2, -0.15) is 0 Å². The average molecular weight is 295 g/mol. The van der Waals surface area contributed by atoms with Crippen molar-refractivity contribution in [3.63, 3.8) is 0 Å². The fourth-order valence-electron chi connectivity index (χ4n) is 2.82. The molecule has 1 amide bonds. The third-order valence-corrected chi connectivity index (χ3v) is 4.80. The van der Waals surface area contributed by atoms with Crippen molar-refractivity contribution < 1.29 is 14.7 Å². The molecule has 2 atom stereocenters. The van der Waals surface area contributed by atoms with E-state index in [0.29, 0.717) is 19.4 Å². The number of nitrogens with zero attached hydrogens (tertiary/aromatic N) is 1. The zero-order valence-electron chi connectivity index (χ0n) is 11.7. The van der Waals surface area contributed by atoms with E-state index in [1.807, 2.05) is 17.5 Å². The van der Waals surface area contributed by atoms with Gasteiger partial charge in [-0.3, -0.25) is 9.59 Å². The van der Waals surface area contributed by atoms with Crippen molar-refractivity contribution in [1.29, 1.82) is 0 Å². The summed E-state index contributed by atoms with van der Waals surface area (Å²) in [4.78, 5) is 26.5. The first-order chi connectivity index (χ1) is 9.65. The Bertz CT molecular complexity index is 458. The Morgan fingerprint density at radius 2 is 2.30 bits per heavy atom. The number of carboxylic acid groups (broad SMARTS) is 1. The molecule has 1 saturated heterocycles. The Morgan fingerprint density at radius 3 is 2.90 bits per heavy atom. The van der Waals surface area contributed by atoms with Crippen molar-refractivity contribution in [3.8, 4) is 0 Å². The molecule has 0 aliphatic carbocycles. The summed E-state index contributed by atoms with van der Waals surface area (Å²) in [6.07, 6.45) is 3.90. The van der Waals surface area contributed by atoms with E-state index < -0.39 is 11.9 Å². The van der Waals surface area contributed by atoms with E-state index in [1.165, 1.54) is 11.3 Å². The molecule has 20 heavy (non-hydrogen) atoms. The number of likely N-dealkylation sites (tertiary alicyclic amines) is 1. The highest BCUT2D eigenvalue weighted by Gasteiger charge is 2.40. The topological polar surface area (TPSA) is 57.6 Å². The number of piperidine rings is 1. The molecule has 0 bridgehead atoms. The highest BCUT2D eigenvalue weighted by atomic mass is 32.1. The van der Waals surface area contributed by atoms with Gasteiger partial charge in [-0.05, 0) is 24.3 Å². The SMILES string of the molecule is CCCCCN1C(=O)CC[C@H](C(=O)O)[C@H]1c1cccs1. The highest BCUT2D eigenvalue weighted by molar-refractivity contribution is 7.10.